The van der Waals surface area contributed by atoms with Gasteiger partial charge in [-0.2, -0.15) is 0 Å². The SMILES string of the molecule is CC(C)(C)OC(=O)N[C@H](Cc1c[nH]c2ccccc12)C(=S)Nc1ccccc1. The average molecular weight is 396 g/mol. The lowest BCUT2D eigenvalue weighted by molar-refractivity contribution is 0.0518. The monoisotopic (exact) mass is 395 g/mol. The number of aromatic nitrogens is 1. The van der Waals surface area contributed by atoms with E-state index in [1.54, 1.807) is 0 Å². The fourth-order valence-electron chi connectivity index (χ4n) is 2.93. The van der Waals surface area contributed by atoms with Crippen LogP contribution < -0.4 is 10.6 Å². The van der Waals surface area contributed by atoms with E-state index in [0.29, 0.717) is 11.4 Å². The lowest BCUT2D eigenvalue weighted by Crippen LogP contribution is -2.46. The molecule has 6 heteroatoms. The number of hydrogen-bond acceptors (Lipinski definition) is 3. The van der Waals surface area contributed by atoms with E-state index in [9.17, 15) is 4.79 Å². The molecule has 1 atom stereocenters. The van der Waals surface area contributed by atoms with Crippen LogP contribution in [-0.2, 0) is 11.2 Å². The summed E-state index contributed by atoms with van der Waals surface area (Å²) in [4.78, 5) is 16.2. The van der Waals surface area contributed by atoms with Crippen LogP contribution in [0.15, 0.2) is 60.8 Å². The van der Waals surface area contributed by atoms with Gasteiger partial charge in [0, 0.05) is 29.2 Å². The van der Waals surface area contributed by atoms with E-state index in [1.807, 2.05) is 75.5 Å². The van der Waals surface area contributed by atoms with E-state index in [0.717, 1.165) is 22.2 Å². The van der Waals surface area contributed by atoms with Gasteiger partial charge < -0.3 is 20.4 Å². The van der Waals surface area contributed by atoms with Crippen LogP contribution in [0.3, 0.4) is 0 Å². The lowest BCUT2D eigenvalue weighted by atomic mass is 10.0. The molecule has 0 radical (unpaired) electrons. The average Bonchev–Trinajstić information content (AvgIpc) is 3.03. The summed E-state index contributed by atoms with van der Waals surface area (Å²) < 4.78 is 5.43. The molecule has 28 heavy (non-hydrogen) atoms. The molecule has 3 N–H and O–H groups in total. The first-order chi connectivity index (χ1) is 13.3. The lowest BCUT2D eigenvalue weighted by Gasteiger charge is -2.24. The summed E-state index contributed by atoms with van der Waals surface area (Å²) in [6.45, 7) is 5.51. The van der Waals surface area contributed by atoms with Crippen molar-refractivity contribution >= 4 is 39.9 Å². The number of nitrogens with one attached hydrogen (secondary N) is 3. The smallest absolute Gasteiger partial charge is 0.408 e. The maximum absolute atomic E-state index is 12.4. The summed E-state index contributed by atoms with van der Waals surface area (Å²) in [7, 11) is 0. The minimum atomic E-state index is -0.579. The molecule has 5 nitrogen and oxygen atoms in total. The van der Waals surface area contributed by atoms with Crippen molar-refractivity contribution in [1.29, 1.82) is 0 Å². The Labute approximate surface area is 170 Å². The van der Waals surface area contributed by atoms with Gasteiger partial charge >= 0.3 is 6.09 Å². The summed E-state index contributed by atoms with van der Waals surface area (Å²) in [6.07, 6.45) is 2.01. The van der Waals surface area contributed by atoms with Gasteiger partial charge in [0.1, 0.15) is 10.6 Å². The molecule has 0 saturated carbocycles. The van der Waals surface area contributed by atoms with Crippen molar-refractivity contribution in [1.82, 2.24) is 10.3 Å². The summed E-state index contributed by atoms with van der Waals surface area (Å²) in [5.41, 5.74) is 2.43. The molecule has 0 unspecified atom stereocenters. The number of ether oxygens (including phenoxy) is 1. The minimum absolute atomic E-state index is 0.413. The van der Waals surface area contributed by atoms with Crippen molar-refractivity contribution in [2.45, 2.75) is 38.8 Å². The van der Waals surface area contributed by atoms with Gasteiger partial charge in [0.05, 0.1) is 6.04 Å². The van der Waals surface area contributed by atoms with Crippen molar-refractivity contribution in [2.75, 3.05) is 5.32 Å². The number of amides is 1. The van der Waals surface area contributed by atoms with Crippen LogP contribution in [0.2, 0.25) is 0 Å². The van der Waals surface area contributed by atoms with Crippen LogP contribution in [-0.4, -0.2) is 27.7 Å². The highest BCUT2D eigenvalue weighted by Gasteiger charge is 2.23. The molecule has 0 bridgehead atoms. The second kappa shape index (κ2) is 8.44. The maximum atomic E-state index is 12.4. The molecule has 0 saturated heterocycles. The zero-order valence-electron chi connectivity index (χ0n) is 16.3. The summed E-state index contributed by atoms with van der Waals surface area (Å²) in [5.74, 6) is 0. The Morgan fingerprint density at radius 1 is 1.11 bits per heavy atom. The quantitative estimate of drug-likeness (QED) is 0.529. The van der Waals surface area contributed by atoms with E-state index in [-0.39, 0.29) is 0 Å². The second-order valence-corrected chi connectivity index (χ2v) is 8.06. The molecule has 0 aliphatic carbocycles. The summed E-state index contributed by atoms with van der Waals surface area (Å²) >= 11 is 5.62. The molecular weight excluding hydrogens is 370 g/mol. The first-order valence-electron chi connectivity index (χ1n) is 9.22. The Balaban J connectivity index is 1.81. The number of anilines is 1. The Morgan fingerprint density at radius 2 is 1.79 bits per heavy atom. The number of alkyl carbamates (subject to hydrolysis) is 1. The number of thiocarbonyl (C=S) groups is 1. The van der Waals surface area contributed by atoms with Gasteiger partial charge in [-0.1, -0.05) is 48.6 Å². The largest absolute Gasteiger partial charge is 0.444 e. The molecule has 0 aliphatic rings. The number of carbonyl (C=O) groups is 1. The van der Waals surface area contributed by atoms with Gasteiger partial charge in [-0.3, -0.25) is 0 Å². The number of benzene rings is 2. The molecule has 1 amide bonds. The van der Waals surface area contributed by atoms with Gasteiger partial charge in [0.25, 0.3) is 0 Å². The van der Waals surface area contributed by atoms with E-state index in [4.69, 9.17) is 17.0 Å². The second-order valence-electron chi connectivity index (χ2n) is 7.62. The maximum Gasteiger partial charge on any atom is 0.408 e. The third kappa shape index (κ3) is 5.33. The third-order valence-electron chi connectivity index (χ3n) is 4.15. The highest BCUT2D eigenvalue weighted by atomic mass is 32.1. The minimum Gasteiger partial charge on any atom is -0.444 e. The van der Waals surface area contributed by atoms with Crippen LogP contribution in [0.5, 0.6) is 0 Å². The molecule has 3 rings (SSSR count). The molecular formula is C22H25N3O2S. The van der Waals surface area contributed by atoms with E-state index < -0.39 is 17.7 Å². The standard InChI is InChI=1S/C22H25N3O2S/c1-22(2,3)27-21(26)25-19(20(28)24-16-9-5-4-6-10-16)13-15-14-23-18-12-8-7-11-17(15)18/h4-12,14,19,23H,13H2,1-3H3,(H,24,28)(H,25,26)/t19-/m1/s1. The van der Waals surface area contributed by atoms with Crippen molar-refractivity contribution in [3.8, 4) is 0 Å². The topological polar surface area (TPSA) is 66.1 Å². The number of rotatable bonds is 5. The van der Waals surface area contributed by atoms with Gasteiger partial charge in [0.2, 0.25) is 0 Å². The summed E-state index contributed by atoms with van der Waals surface area (Å²) in [6, 6.07) is 17.3. The number of carbonyl (C=O) groups excluding carboxylic acids is 1. The number of H-pyrrole nitrogens is 1. The summed E-state index contributed by atoms with van der Waals surface area (Å²) in [5, 5.41) is 7.25. The molecule has 0 fully saturated rings. The predicted octanol–water partition coefficient (Wildman–Crippen LogP) is 5.04. The highest BCUT2D eigenvalue weighted by molar-refractivity contribution is 7.80. The zero-order chi connectivity index (χ0) is 20.1. The van der Waals surface area contributed by atoms with Gasteiger partial charge in [-0.05, 0) is 44.5 Å². The number of para-hydroxylation sites is 2. The van der Waals surface area contributed by atoms with E-state index >= 15 is 0 Å². The third-order valence-corrected chi connectivity index (χ3v) is 4.53. The molecule has 3 aromatic rings. The zero-order valence-corrected chi connectivity index (χ0v) is 17.1. The first kappa shape index (κ1) is 19.9. The molecule has 2 aromatic carbocycles. The van der Waals surface area contributed by atoms with Gasteiger partial charge in [0.15, 0.2) is 0 Å². The van der Waals surface area contributed by atoms with E-state index in [1.165, 1.54) is 0 Å². The molecule has 1 heterocycles. The van der Waals surface area contributed by atoms with Crippen LogP contribution >= 0.6 is 12.2 Å². The molecule has 1 aromatic heterocycles. The number of aromatic amines is 1. The predicted molar refractivity (Wildman–Crippen MR) is 118 cm³/mol. The van der Waals surface area contributed by atoms with Crippen molar-refractivity contribution in [3.63, 3.8) is 0 Å². The molecule has 146 valence electrons. The molecule has 0 aliphatic heterocycles. The van der Waals surface area contributed by atoms with Crippen molar-refractivity contribution < 1.29 is 9.53 Å². The van der Waals surface area contributed by atoms with Gasteiger partial charge in [-0.15, -0.1) is 0 Å². The Kier molecular flexibility index (Phi) is 5.99. The Morgan fingerprint density at radius 3 is 2.50 bits per heavy atom. The fraction of sp³-hybridized carbons (Fsp3) is 0.273. The van der Waals surface area contributed by atoms with E-state index in [2.05, 4.69) is 21.7 Å². The number of fused-ring (bicyclic) bond motifs is 1. The fourth-order valence-corrected chi connectivity index (χ4v) is 3.19. The van der Waals surface area contributed by atoms with Gasteiger partial charge in [-0.25, -0.2) is 4.79 Å². The van der Waals surface area contributed by atoms with Crippen LogP contribution in [0.4, 0.5) is 10.5 Å². The van der Waals surface area contributed by atoms with Crippen LogP contribution in [0.25, 0.3) is 10.9 Å². The van der Waals surface area contributed by atoms with Crippen molar-refractivity contribution in [2.24, 2.45) is 0 Å². The Hall–Kier alpha value is -2.86. The number of hydrogen-bond donors (Lipinski definition) is 3. The highest BCUT2D eigenvalue weighted by Crippen LogP contribution is 2.20. The first-order valence-corrected chi connectivity index (χ1v) is 9.63. The molecule has 0 spiro atoms. The normalized spacial score (nSPS) is 12.4. The Bertz CT molecular complexity index is 961. The van der Waals surface area contributed by atoms with Crippen molar-refractivity contribution in [3.05, 3.63) is 66.4 Å². The van der Waals surface area contributed by atoms with Crippen LogP contribution in [0.1, 0.15) is 26.3 Å². The van der Waals surface area contributed by atoms with Crippen LogP contribution in [0, 0.1) is 0 Å².